The summed E-state index contributed by atoms with van der Waals surface area (Å²) >= 11 is 2.36. The third kappa shape index (κ3) is 3.67. The SMILES string of the molecule is Ic1cccc(NCC2CCCCC2)c1. The Balaban J connectivity index is 1.81. The Morgan fingerprint density at radius 2 is 2.00 bits per heavy atom. The lowest BCUT2D eigenvalue weighted by molar-refractivity contribution is 0.373. The Morgan fingerprint density at radius 1 is 1.20 bits per heavy atom. The van der Waals surface area contributed by atoms with Crippen LogP contribution in [0.2, 0.25) is 0 Å². The lowest BCUT2D eigenvalue weighted by atomic mass is 9.89. The molecule has 1 aromatic rings. The first-order valence-corrected chi connectivity index (χ1v) is 6.92. The van der Waals surface area contributed by atoms with Crippen molar-refractivity contribution in [2.24, 2.45) is 5.92 Å². The highest BCUT2D eigenvalue weighted by atomic mass is 127. The maximum Gasteiger partial charge on any atom is 0.0350 e. The van der Waals surface area contributed by atoms with Crippen molar-refractivity contribution in [1.82, 2.24) is 0 Å². The summed E-state index contributed by atoms with van der Waals surface area (Å²) in [6.45, 7) is 1.15. The highest BCUT2D eigenvalue weighted by Gasteiger charge is 2.12. The van der Waals surface area contributed by atoms with E-state index in [2.05, 4.69) is 52.2 Å². The normalized spacial score (nSPS) is 17.7. The van der Waals surface area contributed by atoms with Crippen LogP contribution < -0.4 is 5.32 Å². The van der Waals surface area contributed by atoms with E-state index in [0.717, 1.165) is 12.5 Å². The molecule has 0 amide bonds. The standard InChI is InChI=1S/C13H18IN/c14-12-7-4-8-13(9-12)15-10-11-5-2-1-3-6-11/h4,7-9,11,15H,1-3,5-6,10H2. The van der Waals surface area contributed by atoms with Gasteiger partial charge in [-0.15, -0.1) is 0 Å². The summed E-state index contributed by atoms with van der Waals surface area (Å²) < 4.78 is 1.31. The van der Waals surface area contributed by atoms with E-state index >= 15 is 0 Å². The lowest BCUT2D eigenvalue weighted by Crippen LogP contribution is -2.17. The van der Waals surface area contributed by atoms with Crippen molar-refractivity contribution in [2.75, 3.05) is 11.9 Å². The topological polar surface area (TPSA) is 12.0 Å². The van der Waals surface area contributed by atoms with E-state index in [0.29, 0.717) is 0 Å². The Labute approximate surface area is 106 Å². The lowest BCUT2D eigenvalue weighted by Gasteiger charge is -2.22. The number of hydrogen-bond donors (Lipinski definition) is 1. The van der Waals surface area contributed by atoms with Gasteiger partial charge in [-0.2, -0.15) is 0 Å². The third-order valence-corrected chi connectivity index (χ3v) is 3.82. The number of anilines is 1. The fourth-order valence-electron chi connectivity index (χ4n) is 2.25. The molecule has 0 unspecified atom stereocenters. The van der Waals surface area contributed by atoms with Crippen LogP contribution in [0, 0.1) is 9.49 Å². The van der Waals surface area contributed by atoms with Gasteiger partial charge >= 0.3 is 0 Å². The van der Waals surface area contributed by atoms with Crippen LogP contribution >= 0.6 is 22.6 Å². The first kappa shape index (κ1) is 11.2. The monoisotopic (exact) mass is 315 g/mol. The van der Waals surface area contributed by atoms with Crippen LogP contribution in [0.25, 0.3) is 0 Å². The summed E-state index contributed by atoms with van der Waals surface area (Å²) in [5.74, 6) is 0.900. The summed E-state index contributed by atoms with van der Waals surface area (Å²) in [6.07, 6.45) is 7.13. The minimum atomic E-state index is 0.900. The zero-order valence-electron chi connectivity index (χ0n) is 9.01. The molecule has 0 aliphatic heterocycles. The summed E-state index contributed by atoms with van der Waals surface area (Å²) in [5.41, 5.74) is 1.27. The zero-order chi connectivity index (χ0) is 10.5. The van der Waals surface area contributed by atoms with E-state index in [1.807, 2.05) is 0 Å². The van der Waals surface area contributed by atoms with Crippen LogP contribution in [-0.4, -0.2) is 6.54 Å². The smallest absolute Gasteiger partial charge is 0.0350 e. The molecule has 1 fully saturated rings. The fourth-order valence-corrected chi connectivity index (χ4v) is 2.79. The molecule has 1 nitrogen and oxygen atoms in total. The molecule has 0 saturated heterocycles. The quantitative estimate of drug-likeness (QED) is 0.821. The predicted molar refractivity (Wildman–Crippen MR) is 74.2 cm³/mol. The molecule has 0 aromatic heterocycles. The van der Waals surface area contributed by atoms with Crippen molar-refractivity contribution in [2.45, 2.75) is 32.1 Å². The van der Waals surface area contributed by atoms with E-state index in [1.165, 1.54) is 41.4 Å². The van der Waals surface area contributed by atoms with Crippen LogP contribution in [0.3, 0.4) is 0 Å². The summed E-state index contributed by atoms with van der Waals surface area (Å²) in [4.78, 5) is 0. The maximum atomic E-state index is 3.55. The van der Waals surface area contributed by atoms with E-state index in [4.69, 9.17) is 0 Å². The maximum absolute atomic E-state index is 3.55. The molecule has 0 radical (unpaired) electrons. The van der Waals surface area contributed by atoms with Gasteiger partial charge in [-0.05, 0) is 59.5 Å². The number of benzene rings is 1. The Hall–Kier alpha value is -0.250. The van der Waals surface area contributed by atoms with Gasteiger partial charge < -0.3 is 5.32 Å². The molecular weight excluding hydrogens is 297 g/mol. The number of halogens is 1. The second-order valence-corrected chi connectivity index (χ2v) is 5.64. The average Bonchev–Trinajstić information content (AvgIpc) is 2.28. The minimum absolute atomic E-state index is 0.900. The highest BCUT2D eigenvalue weighted by molar-refractivity contribution is 14.1. The predicted octanol–water partition coefficient (Wildman–Crippen LogP) is 4.28. The van der Waals surface area contributed by atoms with Crippen molar-refractivity contribution in [1.29, 1.82) is 0 Å². The molecule has 82 valence electrons. The van der Waals surface area contributed by atoms with Crippen LogP contribution in [0.15, 0.2) is 24.3 Å². The first-order valence-electron chi connectivity index (χ1n) is 5.84. The molecule has 1 saturated carbocycles. The van der Waals surface area contributed by atoms with Gasteiger partial charge in [-0.3, -0.25) is 0 Å². The zero-order valence-corrected chi connectivity index (χ0v) is 11.2. The van der Waals surface area contributed by atoms with Gasteiger partial charge in [0.1, 0.15) is 0 Å². The van der Waals surface area contributed by atoms with Gasteiger partial charge in [0.05, 0.1) is 0 Å². The largest absolute Gasteiger partial charge is 0.385 e. The molecule has 1 aromatic carbocycles. The number of nitrogens with one attached hydrogen (secondary N) is 1. The average molecular weight is 315 g/mol. The van der Waals surface area contributed by atoms with Gasteiger partial charge in [-0.1, -0.05) is 25.3 Å². The van der Waals surface area contributed by atoms with Crippen molar-refractivity contribution < 1.29 is 0 Å². The Kier molecular flexibility index (Phi) is 4.29. The highest BCUT2D eigenvalue weighted by Crippen LogP contribution is 2.24. The van der Waals surface area contributed by atoms with Crippen LogP contribution in [0.4, 0.5) is 5.69 Å². The van der Waals surface area contributed by atoms with E-state index in [-0.39, 0.29) is 0 Å². The Bertz CT molecular complexity index is 305. The molecule has 0 atom stereocenters. The first-order chi connectivity index (χ1) is 7.34. The molecule has 1 N–H and O–H groups in total. The van der Waals surface area contributed by atoms with Gasteiger partial charge in [-0.25, -0.2) is 0 Å². The number of hydrogen-bond acceptors (Lipinski definition) is 1. The van der Waals surface area contributed by atoms with Gasteiger partial charge in [0.25, 0.3) is 0 Å². The van der Waals surface area contributed by atoms with E-state index in [1.54, 1.807) is 0 Å². The fraction of sp³-hybridized carbons (Fsp3) is 0.538. The molecule has 1 aliphatic rings. The van der Waals surface area contributed by atoms with Gasteiger partial charge in [0.15, 0.2) is 0 Å². The molecule has 0 bridgehead atoms. The van der Waals surface area contributed by atoms with Gasteiger partial charge in [0.2, 0.25) is 0 Å². The van der Waals surface area contributed by atoms with Crippen LogP contribution in [0.5, 0.6) is 0 Å². The van der Waals surface area contributed by atoms with E-state index in [9.17, 15) is 0 Å². The van der Waals surface area contributed by atoms with Crippen molar-refractivity contribution >= 4 is 28.3 Å². The van der Waals surface area contributed by atoms with Crippen LogP contribution in [0.1, 0.15) is 32.1 Å². The van der Waals surface area contributed by atoms with E-state index < -0.39 is 0 Å². The van der Waals surface area contributed by atoms with Crippen molar-refractivity contribution in [3.8, 4) is 0 Å². The molecule has 2 rings (SSSR count). The number of rotatable bonds is 3. The third-order valence-electron chi connectivity index (χ3n) is 3.14. The second kappa shape index (κ2) is 5.73. The Morgan fingerprint density at radius 3 is 2.73 bits per heavy atom. The van der Waals surface area contributed by atoms with Crippen molar-refractivity contribution in [3.05, 3.63) is 27.8 Å². The molecule has 0 heterocycles. The van der Waals surface area contributed by atoms with Gasteiger partial charge in [0, 0.05) is 15.8 Å². The minimum Gasteiger partial charge on any atom is -0.385 e. The van der Waals surface area contributed by atoms with Crippen LogP contribution in [-0.2, 0) is 0 Å². The molecule has 15 heavy (non-hydrogen) atoms. The molecular formula is C13H18IN. The molecule has 2 heteroatoms. The molecule has 0 spiro atoms. The summed E-state index contributed by atoms with van der Waals surface area (Å²) in [6, 6.07) is 8.62. The van der Waals surface area contributed by atoms with Crippen molar-refractivity contribution in [3.63, 3.8) is 0 Å². The summed E-state index contributed by atoms with van der Waals surface area (Å²) in [7, 11) is 0. The second-order valence-electron chi connectivity index (χ2n) is 4.40. The molecule has 1 aliphatic carbocycles. The summed E-state index contributed by atoms with van der Waals surface area (Å²) in [5, 5.41) is 3.55.